The summed E-state index contributed by atoms with van der Waals surface area (Å²) in [6, 6.07) is 12.2. The number of halogens is 1. The molecular weight excluding hydrogens is 390 g/mol. The van der Waals surface area contributed by atoms with Crippen LogP contribution in [0.4, 0.5) is 0 Å². The average Bonchev–Trinajstić information content (AvgIpc) is 3.07. The monoisotopic (exact) mass is 413 g/mol. The molecule has 0 bridgehead atoms. The molecular formula is C19H24ClNO3S2. The highest BCUT2D eigenvalue weighted by atomic mass is 35.5. The minimum atomic E-state index is -3.72. The van der Waals surface area contributed by atoms with Gasteiger partial charge in [-0.15, -0.1) is 11.3 Å². The van der Waals surface area contributed by atoms with Crippen LogP contribution in [0.3, 0.4) is 0 Å². The number of benzene rings is 1. The van der Waals surface area contributed by atoms with E-state index in [9.17, 15) is 13.5 Å². The molecule has 2 N–H and O–H groups in total. The first-order valence-corrected chi connectivity index (χ1v) is 11.2. The molecule has 0 amide bonds. The van der Waals surface area contributed by atoms with Gasteiger partial charge in [0.2, 0.25) is 10.0 Å². The third-order valence-electron chi connectivity index (χ3n) is 4.26. The predicted octanol–water partition coefficient (Wildman–Crippen LogP) is 4.56. The van der Waals surface area contributed by atoms with E-state index in [2.05, 4.69) is 4.72 Å². The summed E-state index contributed by atoms with van der Waals surface area (Å²) in [6.45, 7) is 3.90. The summed E-state index contributed by atoms with van der Waals surface area (Å²) in [7, 11) is -3.72. The number of sulfonamides is 1. The average molecular weight is 414 g/mol. The van der Waals surface area contributed by atoms with Crippen molar-refractivity contribution in [1.29, 1.82) is 0 Å². The lowest BCUT2D eigenvalue weighted by molar-refractivity contribution is 0.114. The molecule has 7 heteroatoms. The van der Waals surface area contributed by atoms with Crippen LogP contribution in [0, 0.1) is 5.92 Å². The van der Waals surface area contributed by atoms with E-state index in [0.29, 0.717) is 10.8 Å². The zero-order valence-electron chi connectivity index (χ0n) is 14.8. The van der Waals surface area contributed by atoms with Gasteiger partial charge in [0, 0.05) is 0 Å². The van der Waals surface area contributed by atoms with E-state index < -0.39 is 22.2 Å². The van der Waals surface area contributed by atoms with Crippen LogP contribution in [0.25, 0.3) is 6.08 Å². The van der Waals surface area contributed by atoms with Gasteiger partial charge in [0.15, 0.2) is 0 Å². The summed E-state index contributed by atoms with van der Waals surface area (Å²) < 4.78 is 28.4. The topological polar surface area (TPSA) is 66.4 Å². The van der Waals surface area contributed by atoms with Gasteiger partial charge in [-0.3, -0.25) is 0 Å². The molecule has 142 valence electrons. The minimum Gasteiger partial charge on any atom is -0.391 e. The highest BCUT2D eigenvalue weighted by Gasteiger charge is 2.29. The van der Waals surface area contributed by atoms with E-state index in [-0.39, 0.29) is 10.1 Å². The van der Waals surface area contributed by atoms with Gasteiger partial charge in [-0.2, -0.15) is 0 Å². The molecule has 4 nitrogen and oxygen atoms in total. The quantitative estimate of drug-likeness (QED) is 0.633. The highest BCUT2D eigenvalue weighted by molar-refractivity contribution is 7.91. The van der Waals surface area contributed by atoms with Crippen LogP contribution in [0.5, 0.6) is 0 Å². The largest absolute Gasteiger partial charge is 0.391 e. The van der Waals surface area contributed by atoms with Crippen molar-refractivity contribution in [3.8, 4) is 0 Å². The summed E-state index contributed by atoms with van der Waals surface area (Å²) in [5, 5.41) is 10.6. The van der Waals surface area contributed by atoms with E-state index in [0.717, 1.165) is 23.3 Å². The molecule has 0 fully saturated rings. The Kier molecular flexibility index (Phi) is 7.85. The number of rotatable bonds is 9. The first kappa shape index (κ1) is 21.1. The normalized spacial score (nSPS) is 15.8. The van der Waals surface area contributed by atoms with Crippen molar-refractivity contribution in [2.24, 2.45) is 5.92 Å². The van der Waals surface area contributed by atoms with Gasteiger partial charge in [-0.05, 0) is 30.0 Å². The Morgan fingerprint density at radius 1 is 1.23 bits per heavy atom. The van der Waals surface area contributed by atoms with Gasteiger partial charge in [-0.25, -0.2) is 13.1 Å². The van der Waals surface area contributed by atoms with E-state index >= 15 is 0 Å². The van der Waals surface area contributed by atoms with Gasteiger partial charge in [-0.1, -0.05) is 74.4 Å². The van der Waals surface area contributed by atoms with Crippen LogP contribution in [0.15, 0.2) is 52.7 Å². The van der Waals surface area contributed by atoms with Crippen molar-refractivity contribution in [2.75, 3.05) is 0 Å². The number of nitrogens with one attached hydrogen (secondary N) is 1. The van der Waals surface area contributed by atoms with Crippen LogP contribution < -0.4 is 4.72 Å². The third-order valence-corrected chi connectivity index (χ3v) is 7.45. The van der Waals surface area contributed by atoms with Crippen molar-refractivity contribution in [3.63, 3.8) is 0 Å². The number of aliphatic hydroxyl groups is 1. The predicted molar refractivity (Wildman–Crippen MR) is 109 cm³/mol. The number of hydrogen-bond donors (Lipinski definition) is 2. The molecule has 2 rings (SSSR count). The van der Waals surface area contributed by atoms with E-state index in [1.807, 2.05) is 56.3 Å². The Balaban J connectivity index is 2.09. The van der Waals surface area contributed by atoms with Crippen molar-refractivity contribution in [2.45, 2.75) is 43.0 Å². The zero-order chi connectivity index (χ0) is 19.2. The fourth-order valence-electron chi connectivity index (χ4n) is 2.56. The van der Waals surface area contributed by atoms with Crippen molar-refractivity contribution >= 4 is 39.0 Å². The van der Waals surface area contributed by atoms with Crippen LogP contribution in [-0.2, 0) is 10.0 Å². The minimum absolute atomic E-state index is 0.0136. The molecule has 3 atom stereocenters. The van der Waals surface area contributed by atoms with Crippen molar-refractivity contribution in [1.82, 2.24) is 4.72 Å². The lowest BCUT2D eigenvalue weighted by Crippen LogP contribution is -2.47. The van der Waals surface area contributed by atoms with Gasteiger partial charge in [0.1, 0.15) is 4.21 Å². The molecule has 0 saturated carbocycles. The van der Waals surface area contributed by atoms with E-state index in [4.69, 9.17) is 11.6 Å². The summed E-state index contributed by atoms with van der Waals surface area (Å²) in [5.74, 6) is -0.0136. The van der Waals surface area contributed by atoms with Gasteiger partial charge in [0.05, 0.1) is 16.5 Å². The van der Waals surface area contributed by atoms with Crippen LogP contribution in [0.2, 0.25) is 4.34 Å². The fourth-order valence-corrected chi connectivity index (χ4v) is 5.44. The smallest absolute Gasteiger partial charge is 0.250 e. The first-order valence-electron chi connectivity index (χ1n) is 8.50. The molecule has 0 radical (unpaired) electrons. The van der Waals surface area contributed by atoms with Crippen LogP contribution in [-0.4, -0.2) is 25.7 Å². The number of aliphatic hydroxyl groups excluding tert-OH is 1. The maximum atomic E-state index is 12.6. The highest BCUT2D eigenvalue weighted by Crippen LogP contribution is 2.27. The van der Waals surface area contributed by atoms with Gasteiger partial charge >= 0.3 is 0 Å². The standard InChI is InChI=1S/C19H24ClNO3S2/c1-3-14(2)19(21-26(23,24)18-13-12-17(20)25-18)16(22)11-7-10-15-8-5-4-6-9-15/h4-10,12-14,16,19,21-22H,3,11H2,1-2H3/b10-7+/t14-,16-,19?/m0/s1. The maximum absolute atomic E-state index is 12.6. The lowest BCUT2D eigenvalue weighted by atomic mass is 9.93. The Bertz CT molecular complexity index is 818. The first-order chi connectivity index (χ1) is 12.3. The lowest BCUT2D eigenvalue weighted by Gasteiger charge is -2.28. The molecule has 1 aromatic heterocycles. The SMILES string of the molecule is CC[C@H](C)C(NS(=O)(=O)c1ccc(Cl)s1)[C@@H](O)C/C=C/c1ccccc1. The Hall–Kier alpha value is -1.18. The third kappa shape index (κ3) is 5.93. The molecule has 0 aliphatic carbocycles. The summed E-state index contributed by atoms with van der Waals surface area (Å²) in [4.78, 5) is 0. The van der Waals surface area contributed by atoms with Crippen molar-refractivity contribution in [3.05, 3.63) is 58.4 Å². The fraction of sp³-hybridized carbons (Fsp3) is 0.368. The van der Waals surface area contributed by atoms with Crippen molar-refractivity contribution < 1.29 is 13.5 Å². The molecule has 0 spiro atoms. The summed E-state index contributed by atoms with van der Waals surface area (Å²) in [6.07, 6.45) is 4.07. The van der Waals surface area contributed by atoms with E-state index in [1.54, 1.807) is 6.07 Å². The summed E-state index contributed by atoms with van der Waals surface area (Å²) >= 11 is 6.85. The Morgan fingerprint density at radius 2 is 1.92 bits per heavy atom. The maximum Gasteiger partial charge on any atom is 0.250 e. The second-order valence-corrected chi connectivity index (χ2v) is 9.86. The second kappa shape index (κ2) is 9.67. The number of hydrogen-bond acceptors (Lipinski definition) is 4. The molecule has 1 heterocycles. The second-order valence-electron chi connectivity index (χ2n) is 6.21. The van der Waals surface area contributed by atoms with Gasteiger partial charge < -0.3 is 5.11 Å². The Labute approximate surface area is 164 Å². The molecule has 1 unspecified atom stereocenters. The summed E-state index contributed by atoms with van der Waals surface area (Å²) in [5.41, 5.74) is 1.04. The molecule has 2 aromatic rings. The Morgan fingerprint density at radius 3 is 2.50 bits per heavy atom. The van der Waals surface area contributed by atoms with E-state index in [1.165, 1.54) is 6.07 Å². The van der Waals surface area contributed by atoms with Crippen LogP contribution >= 0.6 is 22.9 Å². The molecule has 0 aliphatic rings. The number of thiophene rings is 1. The molecule has 0 saturated heterocycles. The molecule has 1 aromatic carbocycles. The van der Waals surface area contributed by atoms with Gasteiger partial charge in [0.25, 0.3) is 0 Å². The zero-order valence-corrected chi connectivity index (χ0v) is 17.2. The van der Waals surface area contributed by atoms with Crippen LogP contribution in [0.1, 0.15) is 32.3 Å². The molecule has 26 heavy (non-hydrogen) atoms. The molecule has 0 aliphatic heterocycles.